The second kappa shape index (κ2) is 5.38. The molecule has 102 valence electrons. The van der Waals surface area contributed by atoms with Gasteiger partial charge in [-0.25, -0.2) is 0 Å². The predicted molar refractivity (Wildman–Crippen MR) is 72.6 cm³/mol. The fourth-order valence-corrected chi connectivity index (χ4v) is 2.23. The zero-order valence-corrected chi connectivity index (χ0v) is 11.5. The van der Waals surface area contributed by atoms with Crippen LogP contribution in [0.5, 0.6) is 0 Å². The number of rotatable bonds is 4. The van der Waals surface area contributed by atoms with Crippen LogP contribution in [0.3, 0.4) is 0 Å². The normalized spacial score (nSPS) is 20.8. The van der Waals surface area contributed by atoms with Gasteiger partial charge in [-0.3, -0.25) is 19.5 Å². The van der Waals surface area contributed by atoms with Crippen molar-refractivity contribution < 1.29 is 9.59 Å². The number of carbonyl (C=O) groups is 2. The highest BCUT2D eigenvalue weighted by atomic mass is 16.2. The molecule has 0 spiro atoms. The molecule has 0 aromatic carbocycles. The number of hydrogen-bond acceptors (Lipinski definition) is 4. The number of amides is 2. The van der Waals surface area contributed by atoms with Gasteiger partial charge in [-0.1, -0.05) is 6.92 Å². The Morgan fingerprint density at radius 1 is 1.53 bits per heavy atom. The fraction of sp³-hybridized carbons (Fsp3) is 0.500. The maximum absolute atomic E-state index is 12.3. The van der Waals surface area contributed by atoms with Gasteiger partial charge in [-0.05, 0) is 31.9 Å². The second-order valence-corrected chi connectivity index (χ2v) is 4.95. The molecule has 0 saturated carbocycles. The summed E-state index contributed by atoms with van der Waals surface area (Å²) in [7, 11) is 0. The first-order chi connectivity index (χ1) is 9.04. The molecule has 2 unspecified atom stereocenters. The molecule has 1 fully saturated rings. The van der Waals surface area contributed by atoms with Crippen molar-refractivity contribution in [2.24, 2.45) is 0 Å². The first-order valence-corrected chi connectivity index (χ1v) is 6.57. The standard InChI is InChI=1S/C14H19N3O2/c1-4-10(3)17-13(18)7-12(14(17)19)16-11-5-6-15-8-9(11)2/h5-6,8,10,12H,4,7H2,1-3H3,(H,15,16). The molecule has 0 bridgehead atoms. The molecule has 5 heteroatoms. The van der Waals surface area contributed by atoms with E-state index in [2.05, 4.69) is 10.3 Å². The second-order valence-electron chi connectivity index (χ2n) is 4.95. The smallest absolute Gasteiger partial charge is 0.252 e. The van der Waals surface area contributed by atoms with Crippen LogP contribution in [-0.2, 0) is 9.59 Å². The molecule has 19 heavy (non-hydrogen) atoms. The van der Waals surface area contributed by atoms with Crippen molar-refractivity contribution in [1.29, 1.82) is 0 Å². The molecular formula is C14H19N3O2. The molecule has 2 amide bonds. The molecule has 2 atom stereocenters. The Bertz CT molecular complexity index is 501. The molecular weight excluding hydrogens is 242 g/mol. The van der Waals surface area contributed by atoms with Crippen LogP contribution < -0.4 is 5.32 Å². The highest BCUT2D eigenvalue weighted by Crippen LogP contribution is 2.22. The topological polar surface area (TPSA) is 62.3 Å². The minimum atomic E-state index is -0.456. The SMILES string of the molecule is CCC(C)N1C(=O)CC(Nc2ccncc2C)C1=O. The highest BCUT2D eigenvalue weighted by Gasteiger charge is 2.40. The van der Waals surface area contributed by atoms with Crippen molar-refractivity contribution in [2.45, 2.75) is 45.7 Å². The Morgan fingerprint density at radius 3 is 2.89 bits per heavy atom. The van der Waals surface area contributed by atoms with Gasteiger partial charge < -0.3 is 5.32 Å². The zero-order chi connectivity index (χ0) is 14.0. The summed E-state index contributed by atoms with van der Waals surface area (Å²) in [4.78, 5) is 29.6. The Balaban J connectivity index is 2.14. The molecule has 1 aromatic rings. The number of aryl methyl sites for hydroxylation is 1. The molecule has 1 saturated heterocycles. The van der Waals surface area contributed by atoms with Crippen LogP contribution in [0.4, 0.5) is 5.69 Å². The van der Waals surface area contributed by atoms with E-state index < -0.39 is 6.04 Å². The third kappa shape index (κ3) is 2.59. The molecule has 5 nitrogen and oxygen atoms in total. The molecule has 1 aliphatic rings. The van der Waals surface area contributed by atoms with Crippen LogP contribution in [-0.4, -0.2) is 33.8 Å². The van der Waals surface area contributed by atoms with Crippen LogP contribution in [0.1, 0.15) is 32.3 Å². The van der Waals surface area contributed by atoms with E-state index in [1.807, 2.05) is 26.8 Å². The number of likely N-dealkylation sites (tertiary alicyclic amines) is 1. The molecule has 1 aliphatic heterocycles. The molecule has 0 aliphatic carbocycles. The van der Waals surface area contributed by atoms with E-state index in [4.69, 9.17) is 0 Å². The summed E-state index contributed by atoms with van der Waals surface area (Å²) in [5.41, 5.74) is 1.82. The van der Waals surface area contributed by atoms with Crippen LogP contribution in [0, 0.1) is 6.92 Å². The van der Waals surface area contributed by atoms with Gasteiger partial charge in [-0.15, -0.1) is 0 Å². The summed E-state index contributed by atoms with van der Waals surface area (Å²) in [6.07, 6.45) is 4.41. The van der Waals surface area contributed by atoms with Gasteiger partial charge in [-0.2, -0.15) is 0 Å². The average Bonchev–Trinajstić information content (AvgIpc) is 2.66. The minimum Gasteiger partial charge on any atom is -0.373 e. The number of anilines is 1. The van der Waals surface area contributed by atoms with E-state index in [9.17, 15) is 9.59 Å². The lowest BCUT2D eigenvalue weighted by atomic mass is 10.2. The van der Waals surface area contributed by atoms with Gasteiger partial charge in [0.1, 0.15) is 6.04 Å². The number of hydrogen-bond donors (Lipinski definition) is 1. The van der Waals surface area contributed by atoms with Gasteiger partial charge >= 0.3 is 0 Å². The number of pyridine rings is 1. The van der Waals surface area contributed by atoms with E-state index in [-0.39, 0.29) is 24.3 Å². The van der Waals surface area contributed by atoms with Gasteiger partial charge in [0.15, 0.2) is 0 Å². The number of carbonyl (C=O) groups excluding carboxylic acids is 2. The van der Waals surface area contributed by atoms with Crippen molar-refractivity contribution in [2.75, 3.05) is 5.32 Å². The van der Waals surface area contributed by atoms with Crippen LogP contribution in [0.25, 0.3) is 0 Å². The fourth-order valence-electron chi connectivity index (χ4n) is 2.23. The van der Waals surface area contributed by atoms with Gasteiger partial charge in [0, 0.05) is 24.1 Å². The van der Waals surface area contributed by atoms with E-state index in [0.29, 0.717) is 0 Å². The van der Waals surface area contributed by atoms with Crippen LogP contribution in [0.15, 0.2) is 18.5 Å². The Hall–Kier alpha value is -1.91. The number of nitrogens with one attached hydrogen (secondary N) is 1. The van der Waals surface area contributed by atoms with Gasteiger partial charge in [0.05, 0.1) is 6.42 Å². The lowest BCUT2D eigenvalue weighted by molar-refractivity contribution is -0.140. The molecule has 1 aromatic heterocycles. The summed E-state index contributed by atoms with van der Waals surface area (Å²) in [6.45, 7) is 5.79. The Morgan fingerprint density at radius 2 is 2.26 bits per heavy atom. The van der Waals surface area contributed by atoms with Crippen LogP contribution in [0.2, 0.25) is 0 Å². The van der Waals surface area contributed by atoms with Crippen molar-refractivity contribution in [3.63, 3.8) is 0 Å². The molecule has 1 N–H and O–H groups in total. The predicted octanol–water partition coefficient (Wildman–Crippen LogP) is 1.73. The van der Waals surface area contributed by atoms with Gasteiger partial charge in [0.2, 0.25) is 5.91 Å². The van der Waals surface area contributed by atoms with E-state index in [1.165, 1.54) is 4.90 Å². The number of imide groups is 1. The van der Waals surface area contributed by atoms with Crippen molar-refractivity contribution in [3.8, 4) is 0 Å². The van der Waals surface area contributed by atoms with Crippen molar-refractivity contribution >= 4 is 17.5 Å². The summed E-state index contributed by atoms with van der Waals surface area (Å²) >= 11 is 0. The minimum absolute atomic E-state index is 0.0367. The lowest BCUT2D eigenvalue weighted by Crippen LogP contribution is -2.40. The molecule has 0 radical (unpaired) electrons. The maximum Gasteiger partial charge on any atom is 0.252 e. The largest absolute Gasteiger partial charge is 0.373 e. The first-order valence-electron chi connectivity index (χ1n) is 6.57. The Kier molecular flexibility index (Phi) is 3.83. The van der Waals surface area contributed by atoms with E-state index in [1.54, 1.807) is 12.4 Å². The third-order valence-corrected chi connectivity index (χ3v) is 3.56. The number of nitrogens with zero attached hydrogens (tertiary/aromatic N) is 2. The van der Waals surface area contributed by atoms with E-state index in [0.717, 1.165) is 17.7 Å². The molecule has 2 rings (SSSR count). The quantitative estimate of drug-likeness (QED) is 0.838. The zero-order valence-electron chi connectivity index (χ0n) is 11.5. The first kappa shape index (κ1) is 13.5. The van der Waals surface area contributed by atoms with E-state index >= 15 is 0 Å². The van der Waals surface area contributed by atoms with Gasteiger partial charge in [0.25, 0.3) is 5.91 Å². The maximum atomic E-state index is 12.3. The van der Waals surface area contributed by atoms with Crippen molar-refractivity contribution in [3.05, 3.63) is 24.0 Å². The highest BCUT2D eigenvalue weighted by molar-refractivity contribution is 6.07. The number of aromatic nitrogens is 1. The summed E-state index contributed by atoms with van der Waals surface area (Å²) < 4.78 is 0. The van der Waals surface area contributed by atoms with Crippen LogP contribution >= 0.6 is 0 Å². The van der Waals surface area contributed by atoms with Crippen molar-refractivity contribution in [1.82, 2.24) is 9.88 Å². The monoisotopic (exact) mass is 261 g/mol. The molecule has 2 heterocycles. The average molecular weight is 261 g/mol. The lowest BCUT2D eigenvalue weighted by Gasteiger charge is -2.22. The third-order valence-electron chi connectivity index (χ3n) is 3.56. The Labute approximate surface area is 113 Å². The summed E-state index contributed by atoms with van der Waals surface area (Å²) in [5.74, 6) is -0.223. The summed E-state index contributed by atoms with van der Waals surface area (Å²) in [6, 6.07) is 1.33. The summed E-state index contributed by atoms with van der Waals surface area (Å²) in [5, 5.41) is 3.15.